The van der Waals surface area contributed by atoms with Gasteiger partial charge in [-0.05, 0) is 25.1 Å². The fourth-order valence-electron chi connectivity index (χ4n) is 2.67. The van der Waals surface area contributed by atoms with Gasteiger partial charge in [-0.1, -0.05) is 18.2 Å². The summed E-state index contributed by atoms with van der Waals surface area (Å²) in [5, 5.41) is 16.1. The first kappa shape index (κ1) is 16.4. The monoisotopic (exact) mass is 363 g/mol. The Balaban J connectivity index is 1.58. The molecule has 0 aliphatic heterocycles. The molecule has 0 atom stereocenters. The molecule has 7 heteroatoms. The molecule has 0 aliphatic rings. The molecule has 0 fully saturated rings. The molecular formula is C19H17N5OS. The molecule has 0 saturated carbocycles. The molecule has 1 aromatic carbocycles. The van der Waals surface area contributed by atoms with Crippen molar-refractivity contribution in [3.05, 3.63) is 64.7 Å². The standard InChI is InChI=1S/C19H17N5OS/c1-13-20-16(12-26-13)11-24-9-8-18(23-24)15-5-3-4-14(10-15)17-6-7-19(25-2)22-21-17/h3-10,12H,11H2,1-2H3. The maximum Gasteiger partial charge on any atom is 0.233 e. The van der Waals surface area contributed by atoms with Crippen LogP contribution in [0.1, 0.15) is 10.7 Å². The first-order valence-electron chi connectivity index (χ1n) is 8.14. The van der Waals surface area contributed by atoms with Crippen molar-refractivity contribution in [2.45, 2.75) is 13.5 Å². The van der Waals surface area contributed by atoms with Crippen LogP contribution in [0.2, 0.25) is 0 Å². The average Bonchev–Trinajstić information content (AvgIpc) is 3.31. The summed E-state index contributed by atoms with van der Waals surface area (Å²) < 4.78 is 6.97. The van der Waals surface area contributed by atoms with Gasteiger partial charge in [-0.15, -0.1) is 21.5 Å². The highest BCUT2D eigenvalue weighted by atomic mass is 32.1. The first-order chi connectivity index (χ1) is 12.7. The van der Waals surface area contributed by atoms with Crippen LogP contribution >= 0.6 is 11.3 Å². The summed E-state index contributed by atoms with van der Waals surface area (Å²) in [7, 11) is 1.58. The van der Waals surface area contributed by atoms with E-state index >= 15 is 0 Å². The number of rotatable bonds is 5. The lowest BCUT2D eigenvalue weighted by Gasteiger charge is -2.04. The zero-order valence-corrected chi connectivity index (χ0v) is 15.3. The minimum atomic E-state index is 0.501. The second-order valence-electron chi connectivity index (χ2n) is 5.80. The molecule has 0 amide bonds. The Hall–Kier alpha value is -3.06. The molecule has 0 unspecified atom stereocenters. The maximum absolute atomic E-state index is 5.06. The summed E-state index contributed by atoms with van der Waals surface area (Å²) >= 11 is 1.65. The van der Waals surface area contributed by atoms with Crippen molar-refractivity contribution in [1.82, 2.24) is 25.0 Å². The summed E-state index contributed by atoms with van der Waals surface area (Å²) in [5.41, 5.74) is 4.77. The third-order valence-corrected chi connectivity index (χ3v) is 4.76. The van der Waals surface area contributed by atoms with Gasteiger partial charge in [0, 0.05) is 28.8 Å². The van der Waals surface area contributed by atoms with Crippen LogP contribution in [-0.2, 0) is 6.54 Å². The van der Waals surface area contributed by atoms with Crippen molar-refractivity contribution in [3.8, 4) is 28.4 Å². The molecule has 4 aromatic rings. The van der Waals surface area contributed by atoms with Gasteiger partial charge in [0.1, 0.15) is 0 Å². The van der Waals surface area contributed by atoms with Crippen molar-refractivity contribution in [2.24, 2.45) is 0 Å². The van der Waals surface area contributed by atoms with Gasteiger partial charge in [-0.3, -0.25) is 4.68 Å². The van der Waals surface area contributed by atoms with E-state index < -0.39 is 0 Å². The van der Waals surface area contributed by atoms with E-state index in [1.807, 2.05) is 48.1 Å². The maximum atomic E-state index is 5.06. The zero-order valence-electron chi connectivity index (χ0n) is 14.5. The number of benzene rings is 1. The summed E-state index contributed by atoms with van der Waals surface area (Å²) in [6, 6.07) is 13.8. The Morgan fingerprint density at radius 1 is 1.04 bits per heavy atom. The van der Waals surface area contributed by atoms with Crippen molar-refractivity contribution in [2.75, 3.05) is 7.11 Å². The van der Waals surface area contributed by atoms with Gasteiger partial charge < -0.3 is 4.74 Å². The molecule has 0 bridgehead atoms. The summed E-state index contributed by atoms with van der Waals surface area (Å²) in [6.45, 7) is 2.68. The fourth-order valence-corrected chi connectivity index (χ4v) is 3.28. The molecule has 0 N–H and O–H groups in total. The largest absolute Gasteiger partial charge is 0.480 e. The highest BCUT2D eigenvalue weighted by molar-refractivity contribution is 7.09. The normalized spacial score (nSPS) is 10.8. The minimum absolute atomic E-state index is 0.501. The zero-order chi connectivity index (χ0) is 17.9. The number of aryl methyl sites for hydroxylation is 1. The van der Waals surface area contributed by atoms with E-state index in [1.54, 1.807) is 24.5 Å². The summed E-state index contributed by atoms with van der Waals surface area (Å²) in [4.78, 5) is 4.49. The second kappa shape index (κ2) is 7.05. The van der Waals surface area contributed by atoms with Crippen LogP contribution in [0.25, 0.3) is 22.5 Å². The third kappa shape index (κ3) is 3.48. The van der Waals surface area contributed by atoms with Crippen LogP contribution in [-0.4, -0.2) is 32.1 Å². The smallest absolute Gasteiger partial charge is 0.233 e. The van der Waals surface area contributed by atoms with E-state index in [0.717, 1.165) is 33.2 Å². The second-order valence-corrected chi connectivity index (χ2v) is 6.86. The lowest BCUT2D eigenvalue weighted by atomic mass is 10.1. The third-order valence-electron chi connectivity index (χ3n) is 3.93. The van der Waals surface area contributed by atoms with Gasteiger partial charge in [0.25, 0.3) is 0 Å². The van der Waals surface area contributed by atoms with Crippen LogP contribution in [0.15, 0.2) is 54.0 Å². The molecule has 4 rings (SSSR count). The molecule has 0 radical (unpaired) electrons. The number of methoxy groups -OCH3 is 1. The average molecular weight is 363 g/mol. The van der Waals surface area contributed by atoms with E-state index in [0.29, 0.717) is 12.4 Å². The molecule has 3 heterocycles. The summed E-state index contributed by atoms with van der Waals surface area (Å²) in [6.07, 6.45) is 1.98. The van der Waals surface area contributed by atoms with Crippen LogP contribution in [0, 0.1) is 6.92 Å². The molecule has 130 valence electrons. The Kier molecular flexibility index (Phi) is 4.45. The van der Waals surface area contributed by atoms with Crippen LogP contribution in [0.5, 0.6) is 5.88 Å². The van der Waals surface area contributed by atoms with Crippen molar-refractivity contribution >= 4 is 11.3 Å². The van der Waals surface area contributed by atoms with E-state index in [9.17, 15) is 0 Å². The number of ether oxygens (including phenoxy) is 1. The van der Waals surface area contributed by atoms with E-state index in [2.05, 4.69) is 31.7 Å². The predicted molar refractivity (Wildman–Crippen MR) is 101 cm³/mol. The fraction of sp³-hybridized carbons (Fsp3) is 0.158. The van der Waals surface area contributed by atoms with Crippen molar-refractivity contribution < 1.29 is 4.74 Å². The van der Waals surface area contributed by atoms with Gasteiger partial charge >= 0.3 is 0 Å². The van der Waals surface area contributed by atoms with Crippen LogP contribution < -0.4 is 4.74 Å². The van der Waals surface area contributed by atoms with Crippen LogP contribution in [0.3, 0.4) is 0 Å². The van der Waals surface area contributed by atoms with Gasteiger partial charge in [-0.2, -0.15) is 5.10 Å². The molecule has 26 heavy (non-hydrogen) atoms. The minimum Gasteiger partial charge on any atom is -0.480 e. The van der Waals surface area contributed by atoms with Crippen molar-refractivity contribution in [1.29, 1.82) is 0 Å². The summed E-state index contributed by atoms with van der Waals surface area (Å²) in [5.74, 6) is 0.501. The molecule has 6 nitrogen and oxygen atoms in total. The highest BCUT2D eigenvalue weighted by Crippen LogP contribution is 2.24. The molecule has 0 spiro atoms. The Morgan fingerprint density at radius 3 is 2.58 bits per heavy atom. The topological polar surface area (TPSA) is 65.7 Å². The Bertz CT molecular complexity index is 1020. The highest BCUT2D eigenvalue weighted by Gasteiger charge is 2.07. The van der Waals surface area contributed by atoms with Crippen molar-refractivity contribution in [3.63, 3.8) is 0 Å². The van der Waals surface area contributed by atoms with Crippen LogP contribution in [0.4, 0.5) is 0 Å². The Morgan fingerprint density at radius 2 is 1.88 bits per heavy atom. The number of nitrogens with zero attached hydrogens (tertiary/aromatic N) is 5. The van der Waals surface area contributed by atoms with Gasteiger partial charge in [-0.25, -0.2) is 4.98 Å². The quantitative estimate of drug-likeness (QED) is 0.539. The molecule has 0 aliphatic carbocycles. The number of thiazole rings is 1. The lowest BCUT2D eigenvalue weighted by Crippen LogP contribution is -2.00. The number of hydrogen-bond donors (Lipinski definition) is 0. The molecular weight excluding hydrogens is 346 g/mol. The van der Waals surface area contributed by atoms with Gasteiger partial charge in [0.2, 0.25) is 5.88 Å². The molecule has 0 saturated heterocycles. The van der Waals surface area contributed by atoms with E-state index in [-0.39, 0.29) is 0 Å². The van der Waals surface area contributed by atoms with E-state index in [1.165, 1.54) is 0 Å². The number of aromatic nitrogens is 5. The lowest BCUT2D eigenvalue weighted by molar-refractivity contribution is 0.392. The van der Waals surface area contributed by atoms with Gasteiger partial charge in [0.05, 0.1) is 35.7 Å². The predicted octanol–water partition coefficient (Wildman–Crippen LogP) is 3.83. The molecule has 3 aromatic heterocycles. The number of hydrogen-bond acceptors (Lipinski definition) is 6. The van der Waals surface area contributed by atoms with Gasteiger partial charge in [0.15, 0.2) is 0 Å². The Labute approximate surface area is 155 Å². The van der Waals surface area contributed by atoms with E-state index in [4.69, 9.17) is 4.74 Å². The SMILES string of the molecule is COc1ccc(-c2cccc(-c3ccn(Cc4csc(C)n4)n3)c2)nn1. The first-order valence-corrected chi connectivity index (χ1v) is 9.02.